The van der Waals surface area contributed by atoms with Gasteiger partial charge in [0.15, 0.2) is 5.82 Å². The van der Waals surface area contributed by atoms with Crippen molar-refractivity contribution < 1.29 is 4.79 Å². The van der Waals surface area contributed by atoms with Crippen LogP contribution in [0.1, 0.15) is 31.9 Å². The Labute approximate surface area is 158 Å². The Hall–Kier alpha value is -3.22. The Morgan fingerprint density at radius 3 is 2.56 bits per heavy atom. The molecule has 0 fully saturated rings. The Bertz CT molecular complexity index is 873. The number of nitrogens with zero attached hydrogens (tertiary/aromatic N) is 4. The third kappa shape index (κ3) is 4.91. The van der Waals surface area contributed by atoms with Gasteiger partial charge in [0.05, 0.1) is 6.04 Å². The van der Waals surface area contributed by atoms with E-state index in [1.54, 1.807) is 18.7 Å². The Morgan fingerprint density at radius 1 is 1.19 bits per heavy atom. The van der Waals surface area contributed by atoms with Gasteiger partial charge >= 0.3 is 6.03 Å². The lowest BCUT2D eigenvalue weighted by Gasteiger charge is -2.21. The Balaban J connectivity index is 1.66. The first-order chi connectivity index (χ1) is 13.0. The molecule has 27 heavy (non-hydrogen) atoms. The van der Waals surface area contributed by atoms with Crippen LogP contribution in [-0.4, -0.2) is 25.8 Å². The van der Waals surface area contributed by atoms with E-state index in [1.807, 2.05) is 48.0 Å². The highest BCUT2D eigenvalue weighted by molar-refractivity contribution is 5.89. The zero-order valence-corrected chi connectivity index (χ0v) is 15.8. The number of carbonyl (C=O) groups is 1. The second-order valence-corrected chi connectivity index (χ2v) is 6.91. The van der Waals surface area contributed by atoms with Crippen LogP contribution in [0.4, 0.5) is 10.5 Å². The van der Waals surface area contributed by atoms with Crippen molar-refractivity contribution in [2.75, 3.05) is 5.32 Å². The van der Waals surface area contributed by atoms with E-state index in [9.17, 15) is 4.79 Å². The predicted molar refractivity (Wildman–Crippen MR) is 105 cm³/mol. The summed E-state index contributed by atoms with van der Waals surface area (Å²) in [5.41, 5.74) is 2.65. The summed E-state index contributed by atoms with van der Waals surface area (Å²) in [6, 6.07) is 11.1. The van der Waals surface area contributed by atoms with E-state index < -0.39 is 0 Å². The maximum Gasteiger partial charge on any atom is 0.319 e. The van der Waals surface area contributed by atoms with Crippen LogP contribution >= 0.6 is 0 Å². The number of benzene rings is 1. The van der Waals surface area contributed by atoms with Crippen molar-refractivity contribution in [3.05, 3.63) is 60.7 Å². The fraction of sp³-hybridized carbons (Fsp3) is 0.300. The van der Waals surface area contributed by atoms with Gasteiger partial charge in [0, 0.05) is 30.7 Å². The van der Waals surface area contributed by atoms with Gasteiger partial charge in [-0.05, 0) is 48.2 Å². The molecule has 1 atom stereocenters. The van der Waals surface area contributed by atoms with Crippen molar-refractivity contribution in [2.24, 2.45) is 13.0 Å². The van der Waals surface area contributed by atoms with Gasteiger partial charge in [0.2, 0.25) is 0 Å². The molecule has 0 saturated heterocycles. The average Bonchev–Trinajstić information content (AvgIpc) is 3.08. The maximum absolute atomic E-state index is 12.5. The molecule has 3 aromatic rings. The quantitative estimate of drug-likeness (QED) is 0.697. The van der Waals surface area contributed by atoms with Crippen LogP contribution in [0, 0.1) is 5.92 Å². The van der Waals surface area contributed by atoms with E-state index in [-0.39, 0.29) is 12.1 Å². The highest BCUT2D eigenvalue weighted by Gasteiger charge is 2.16. The molecular formula is C20H24N6O. The molecule has 2 N–H and O–H groups in total. The molecule has 0 saturated carbocycles. The minimum Gasteiger partial charge on any atom is -0.331 e. The number of amides is 2. The van der Waals surface area contributed by atoms with Crippen LogP contribution in [0.2, 0.25) is 0 Å². The first kappa shape index (κ1) is 18.6. The number of urea groups is 1. The molecule has 0 bridgehead atoms. The molecule has 7 nitrogen and oxygen atoms in total. The van der Waals surface area contributed by atoms with Crippen LogP contribution in [0.5, 0.6) is 0 Å². The molecule has 2 aromatic heterocycles. The fourth-order valence-electron chi connectivity index (χ4n) is 2.90. The molecule has 3 rings (SSSR count). The molecule has 2 heterocycles. The lowest BCUT2D eigenvalue weighted by molar-refractivity contribution is 0.246. The van der Waals surface area contributed by atoms with E-state index in [2.05, 4.69) is 39.7 Å². The zero-order chi connectivity index (χ0) is 19.2. The monoisotopic (exact) mass is 364 g/mol. The summed E-state index contributed by atoms with van der Waals surface area (Å²) >= 11 is 0. The summed E-state index contributed by atoms with van der Waals surface area (Å²) in [5.74, 6) is 1.22. The summed E-state index contributed by atoms with van der Waals surface area (Å²) in [6.45, 7) is 4.27. The number of hydrogen-bond donors (Lipinski definition) is 2. The fourth-order valence-corrected chi connectivity index (χ4v) is 2.90. The minimum absolute atomic E-state index is 0.0865. The van der Waals surface area contributed by atoms with Crippen molar-refractivity contribution in [1.82, 2.24) is 25.1 Å². The van der Waals surface area contributed by atoms with Crippen molar-refractivity contribution in [3.63, 3.8) is 0 Å². The topological polar surface area (TPSA) is 84.7 Å². The molecule has 1 aromatic carbocycles. The Kier molecular flexibility index (Phi) is 5.80. The van der Waals surface area contributed by atoms with Gasteiger partial charge in [-0.25, -0.2) is 4.79 Å². The van der Waals surface area contributed by atoms with Gasteiger partial charge in [0.25, 0.3) is 0 Å². The second kappa shape index (κ2) is 8.44. The van der Waals surface area contributed by atoms with E-state index in [1.165, 1.54) is 0 Å². The molecule has 0 aliphatic carbocycles. The molecule has 0 unspecified atom stereocenters. The summed E-state index contributed by atoms with van der Waals surface area (Å²) < 4.78 is 1.85. The van der Waals surface area contributed by atoms with Gasteiger partial charge in [-0.1, -0.05) is 19.9 Å². The van der Waals surface area contributed by atoms with Crippen LogP contribution in [0.3, 0.4) is 0 Å². The number of pyridine rings is 1. The molecular weight excluding hydrogens is 340 g/mol. The number of carbonyl (C=O) groups excluding carboxylic acids is 1. The van der Waals surface area contributed by atoms with Gasteiger partial charge in [0.1, 0.15) is 6.33 Å². The predicted octanol–water partition coefficient (Wildman–Crippen LogP) is 3.79. The van der Waals surface area contributed by atoms with Gasteiger partial charge in [-0.15, -0.1) is 10.2 Å². The van der Waals surface area contributed by atoms with Crippen molar-refractivity contribution in [3.8, 4) is 11.4 Å². The van der Waals surface area contributed by atoms with Crippen molar-refractivity contribution in [1.29, 1.82) is 0 Å². The lowest BCUT2D eigenvalue weighted by Crippen LogP contribution is -2.33. The van der Waals surface area contributed by atoms with Crippen LogP contribution < -0.4 is 10.6 Å². The molecule has 0 aliphatic rings. The zero-order valence-electron chi connectivity index (χ0n) is 15.8. The van der Waals surface area contributed by atoms with Crippen molar-refractivity contribution in [2.45, 2.75) is 26.3 Å². The van der Waals surface area contributed by atoms with Crippen molar-refractivity contribution >= 4 is 11.7 Å². The smallest absolute Gasteiger partial charge is 0.319 e. The van der Waals surface area contributed by atoms with Gasteiger partial charge in [-0.3, -0.25) is 4.98 Å². The van der Waals surface area contributed by atoms with Crippen LogP contribution in [0.25, 0.3) is 11.4 Å². The van der Waals surface area contributed by atoms with E-state index in [4.69, 9.17) is 0 Å². The van der Waals surface area contributed by atoms with Gasteiger partial charge in [-0.2, -0.15) is 0 Å². The SMILES string of the molecule is CC(C)C[C@@H](NC(=O)Nc1ccc(-c2nncn2C)cc1)c1cccnc1. The molecule has 0 spiro atoms. The first-order valence-corrected chi connectivity index (χ1v) is 8.95. The minimum atomic E-state index is -0.240. The van der Waals surface area contributed by atoms with Crippen LogP contribution in [-0.2, 0) is 7.05 Å². The molecule has 0 aliphatic heterocycles. The largest absolute Gasteiger partial charge is 0.331 e. The lowest BCUT2D eigenvalue weighted by atomic mass is 9.98. The highest BCUT2D eigenvalue weighted by Crippen LogP contribution is 2.21. The normalized spacial score (nSPS) is 12.0. The third-order valence-corrected chi connectivity index (χ3v) is 4.21. The van der Waals surface area contributed by atoms with E-state index >= 15 is 0 Å². The number of aromatic nitrogens is 4. The summed E-state index contributed by atoms with van der Waals surface area (Å²) in [4.78, 5) is 16.6. The molecule has 2 amide bonds. The maximum atomic E-state index is 12.5. The first-order valence-electron chi connectivity index (χ1n) is 8.95. The molecule has 0 radical (unpaired) electrons. The summed E-state index contributed by atoms with van der Waals surface area (Å²) in [5, 5.41) is 13.9. The second-order valence-electron chi connectivity index (χ2n) is 6.91. The van der Waals surface area contributed by atoms with Crippen LogP contribution in [0.15, 0.2) is 55.1 Å². The highest BCUT2D eigenvalue weighted by atomic mass is 16.2. The number of nitrogens with one attached hydrogen (secondary N) is 2. The standard InChI is InChI=1S/C20H24N6O/c1-14(2)11-18(16-5-4-10-21-12-16)24-20(27)23-17-8-6-15(7-9-17)19-25-22-13-26(19)3/h4-10,12-14,18H,11H2,1-3H3,(H2,23,24,27)/t18-/m1/s1. The summed E-state index contributed by atoms with van der Waals surface area (Å²) in [7, 11) is 1.89. The van der Waals surface area contributed by atoms with Gasteiger partial charge < -0.3 is 15.2 Å². The Morgan fingerprint density at radius 2 is 1.96 bits per heavy atom. The third-order valence-electron chi connectivity index (χ3n) is 4.21. The number of anilines is 1. The number of aryl methyl sites for hydroxylation is 1. The molecule has 140 valence electrons. The number of rotatable bonds is 6. The summed E-state index contributed by atoms with van der Waals surface area (Å²) in [6.07, 6.45) is 6.02. The molecule has 7 heteroatoms. The van der Waals surface area contributed by atoms with E-state index in [0.29, 0.717) is 11.6 Å². The average molecular weight is 364 g/mol. The number of hydrogen-bond acceptors (Lipinski definition) is 4. The van der Waals surface area contributed by atoms with E-state index in [0.717, 1.165) is 23.4 Å².